The van der Waals surface area contributed by atoms with Crippen LogP contribution in [0.15, 0.2) is 18.2 Å². The lowest BCUT2D eigenvalue weighted by molar-refractivity contribution is -0.121. The van der Waals surface area contributed by atoms with Gasteiger partial charge < -0.3 is 15.4 Å². The van der Waals surface area contributed by atoms with E-state index in [4.69, 9.17) is 0 Å². The second-order valence-corrected chi connectivity index (χ2v) is 5.60. The lowest BCUT2D eigenvalue weighted by Gasteiger charge is -2.22. The lowest BCUT2D eigenvalue weighted by atomic mass is 9.95. The smallest absolute Gasteiger partial charge is 0.387 e. The zero-order valence-electron chi connectivity index (χ0n) is 13.0. The fourth-order valence-electron chi connectivity index (χ4n) is 2.66. The number of rotatable bonds is 6. The first-order valence-corrected chi connectivity index (χ1v) is 7.77. The Kier molecular flexibility index (Phi) is 6.45. The van der Waals surface area contributed by atoms with Crippen molar-refractivity contribution in [2.24, 2.45) is 0 Å². The van der Waals surface area contributed by atoms with E-state index in [-0.39, 0.29) is 24.1 Å². The van der Waals surface area contributed by atoms with Crippen LogP contribution in [0.2, 0.25) is 0 Å². The normalized spacial score (nSPS) is 15.2. The van der Waals surface area contributed by atoms with Crippen LogP contribution in [0.1, 0.15) is 42.5 Å². The maximum Gasteiger partial charge on any atom is 0.387 e. The van der Waals surface area contributed by atoms with E-state index < -0.39 is 24.1 Å². The van der Waals surface area contributed by atoms with Gasteiger partial charge in [0.25, 0.3) is 5.91 Å². The van der Waals surface area contributed by atoms with Gasteiger partial charge in [0.2, 0.25) is 5.91 Å². The Bertz CT molecular complexity index is 590. The van der Waals surface area contributed by atoms with Crippen molar-refractivity contribution in [3.63, 3.8) is 0 Å². The monoisotopic (exact) mass is 344 g/mol. The molecule has 0 spiro atoms. The number of hydrogen-bond acceptors (Lipinski definition) is 3. The zero-order valence-corrected chi connectivity index (χ0v) is 13.0. The highest BCUT2D eigenvalue weighted by atomic mass is 19.3. The third-order valence-corrected chi connectivity index (χ3v) is 3.78. The standard InChI is InChI=1S/C16H19F3N2O3/c17-10-6-7-12(13(8-10)24-16(18)19)15(23)20-9-14(22)21-11-4-2-1-3-5-11/h6-8,11,16H,1-5,9H2,(H,20,23)(H,21,22). The fraction of sp³-hybridized carbons (Fsp3) is 0.500. The predicted octanol–water partition coefficient (Wildman–Crippen LogP) is 2.61. The highest BCUT2D eigenvalue weighted by molar-refractivity contribution is 5.98. The van der Waals surface area contributed by atoms with Gasteiger partial charge in [-0.2, -0.15) is 8.78 Å². The third kappa shape index (κ3) is 5.43. The predicted molar refractivity (Wildman–Crippen MR) is 80.4 cm³/mol. The molecular weight excluding hydrogens is 325 g/mol. The number of carbonyl (C=O) groups excluding carboxylic acids is 2. The first kappa shape index (κ1) is 18.1. The first-order chi connectivity index (χ1) is 11.5. The quantitative estimate of drug-likeness (QED) is 0.834. The summed E-state index contributed by atoms with van der Waals surface area (Å²) < 4.78 is 41.9. The van der Waals surface area contributed by atoms with Gasteiger partial charge in [0.1, 0.15) is 11.6 Å². The molecule has 1 aliphatic rings. The second kappa shape index (κ2) is 8.56. The van der Waals surface area contributed by atoms with E-state index >= 15 is 0 Å². The van der Waals surface area contributed by atoms with Crippen LogP contribution in [0, 0.1) is 5.82 Å². The molecule has 1 aliphatic carbocycles. The lowest BCUT2D eigenvalue weighted by Crippen LogP contribution is -2.42. The molecule has 0 heterocycles. The number of hydrogen-bond donors (Lipinski definition) is 2. The van der Waals surface area contributed by atoms with Crippen molar-refractivity contribution in [2.45, 2.75) is 44.8 Å². The number of ether oxygens (including phenoxy) is 1. The topological polar surface area (TPSA) is 67.4 Å². The molecule has 8 heteroatoms. The van der Waals surface area contributed by atoms with Crippen LogP contribution in [-0.4, -0.2) is 31.0 Å². The average Bonchev–Trinajstić information content (AvgIpc) is 2.53. The van der Waals surface area contributed by atoms with Crippen molar-refractivity contribution >= 4 is 11.8 Å². The molecular formula is C16H19F3N2O3. The van der Waals surface area contributed by atoms with Gasteiger partial charge in [0.05, 0.1) is 12.1 Å². The summed E-state index contributed by atoms with van der Waals surface area (Å²) in [5, 5.41) is 5.14. The number of amides is 2. The van der Waals surface area contributed by atoms with Crippen LogP contribution in [0.4, 0.5) is 13.2 Å². The molecule has 2 rings (SSSR count). The first-order valence-electron chi connectivity index (χ1n) is 7.77. The van der Waals surface area contributed by atoms with Crippen LogP contribution in [0.5, 0.6) is 5.75 Å². The van der Waals surface area contributed by atoms with Gasteiger partial charge in [-0.3, -0.25) is 9.59 Å². The molecule has 24 heavy (non-hydrogen) atoms. The van der Waals surface area contributed by atoms with E-state index in [1.54, 1.807) is 0 Å². The number of halogens is 3. The van der Waals surface area contributed by atoms with Gasteiger partial charge in [-0.25, -0.2) is 4.39 Å². The molecule has 0 bridgehead atoms. The maximum atomic E-state index is 13.1. The van der Waals surface area contributed by atoms with Gasteiger partial charge in [-0.15, -0.1) is 0 Å². The van der Waals surface area contributed by atoms with E-state index in [0.29, 0.717) is 6.07 Å². The van der Waals surface area contributed by atoms with Crippen LogP contribution >= 0.6 is 0 Å². The Morgan fingerprint density at radius 3 is 2.58 bits per heavy atom. The molecule has 0 atom stereocenters. The zero-order chi connectivity index (χ0) is 17.5. The van der Waals surface area contributed by atoms with E-state index in [1.807, 2.05) is 0 Å². The molecule has 2 amide bonds. The fourth-order valence-corrected chi connectivity index (χ4v) is 2.66. The highest BCUT2D eigenvalue weighted by Crippen LogP contribution is 2.22. The molecule has 1 saturated carbocycles. The molecule has 5 nitrogen and oxygen atoms in total. The van der Waals surface area contributed by atoms with Gasteiger partial charge in [0.15, 0.2) is 0 Å². The SMILES string of the molecule is O=C(CNC(=O)c1ccc(F)cc1OC(F)F)NC1CCCCC1. The van der Waals surface area contributed by atoms with E-state index in [2.05, 4.69) is 15.4 Å². The van der Waals surface area contributed by atoms with Gasteiger partial charge >= 0.3 is 6.61 Å². The molecule has 2 N–H and O–H groups in total. The minimum Gasteiger partial charge on any atom is -0.434 e. The molecule has 0 saturated heterocycles. The van der Waals surface area contributed by atoms with E-state index in [1.165, 1.54) is 0 Å². The van der Waals surface area contributed by atoms with Crippen molar-refractivity contribution in [1.29, 1.82) is 0 Å². The van der Waals surface area contributed by atoms with Crippen molar-refractivity contribution in [3.8, 4) is 5.75 Å². The number of benzene rings is 1. The van der Waals surface area contributed by atoms with Crippen LogP contribution in [-0.2, 0) is 4.79 Å². The van der Waals surface area contributed by atoms with Crippen LogP contribution in [0.3, 0.4) is 0 Å². The highest BCUT2D eigenvalue weighted by Gasteiger charge is 2.19. The van der Waals surface area contributed by atoms with Crippen molar-refractivity contribution in [3.05, 3.63) is 29.6 Å². The molecule has 0 aliphatic heterocycles. The maximum absolute atomic E-state index is 13.1. The van der Waals surface area contributed by atoms with Crippen LogP contribution in [0.25, 0.3) is 0 Å². The molecule has 132 valence electrons. The summed E-state index contributed by atoms with van der Waals surface area (Å²) in [5.41, 5.74) is -0.262. The number of alkyl halides is 2. The summed E-state index contributed by atoms with van der Waals surface area (Å²) in [7, 11) is 0. The molecule has 0 radical (unpaired) electrons. The van der Waals surface area contributed by atoms with Gasteiger partial charge in [-0.1, -0.05) is 19.3 Å². The summed E-state index contributed by atoms with van der Waals surface area (Å²) in [6, 6.07) is 2.78. The second-order valence-electron chi connectivity index (χ2n) is 5.60. The molecule has 1 aromatic carbocycles. The summed E-state index contributed by atoms with van der Waals surface area (Å²) in [6.45, 7) is -3.48. The third-order valence-electron chi connectivity index (χ3n) is 3.78. The van der Waals surface area contributed by atoms with Gasteiger partial charge in [0, 0.05) is 12.1 Å². The van der Waals surface area contributed by atoms with Crippen molar-refractivity contribution in [1.82, 2.24) is 10.6 Å². The summed E-state index contributed by atoms with van der Waals surface area (Å²) >= 11 is 0. The minimum absolute atomic E-state index is 0.103. The number of nitrogens with one attached hydrogen (secondary N) is 2. The van der Waals surface area contributed by atoms with Crippen molar-refractivity contribution < 1.29 is 27.5 Å². The molecule has 1 fully saturated rings. The summed E-state index contributed by atoms with van der Waals surface area (Å²) in [4.78, 5) is 23.8. The average molecular weight is 344 g/mol. The largest absolute Gasteiger partial charge is 0.434 e. The van der Waals surface area contributed by atoms with E-state index in [0.717, 1.165) is 44.2 Å². The Hall–Kier alpha value is -2.25. The Morgan fingerprint density at radius 2 is 1.92 bits per heavy atom. The number of carbonyl (C=O) groups is 2. The Balaban J connectivity index is 1.90. The Labute approximate surface area is 137 Å². The van der Waals surface area contributed by atoms with Gasteiger partial charge in [-0.05, 0) is 25.0 Å². The Morgan fingerprint density at radius 1 is 1.21 bits per heavy atom. The molecule has 0 unspecified atom stereocenters. The van der Waals surface area contributed by atoms with Crippen LogP contribution < -0.4 is 15.4 Å². The summed E-state index contributed by atoms with van der Waals surface area (Å²) in [5.74, 6) is -2.52. The summed E-state index contributed by atoms with van der Waals surface area (Å²) in [6.07, 6.45) is 5.08. The van der Waals surface area contributed by atoms with E-state index in [9.17, 15) is 22.8 Å². The molecule has 1 aromatic rings. The van der Waals surface area contributed by atoms with Crippen molar-refractivity contribution in [2.75, 3.05) is 6.54 Å². The minimum atomic E-state index is -3.19. The molecule has 0 aromatic heterocycles.